The first-order chi connectivity index (χ1) is 5.79. The van der Waals surface area contributed by atoms with Gasteiger partial charge in [-0.25, -0.2) is 4.79 Å². The number of carbonyl (C=O) groups is 1. The lowest BCUT2D eigenvalue weighted by atomic mass is 10.4. The van der Waals surface area contributed by atoms with Gasteiger partial charge in [0.1, 0.15) is 6.23 Å². The zero-order chi connectivity index (χ0) is 8.97. The number of likely N-dealkylation sites (tertiary alicyclic amines) is 1. The van der Waals surface area contributed by atoms with Crippen molar-refractivity contribution in [3.63, 3.8) is 0 Å². The molecule has 0 bridgehead atoms. The van der Waals surface area contributed by atoms with Gasteiger partial charge in [-0.2, -0.15) is 0 Å². The summed E-state index contributed by atoms with van der Waals surface area (Å²) in [6.07, 6.45) is 1.57. The second-order valence-electron chi connectivity index (χ2n) is 2.72. The fourth-order valence-corrected chi connectivity index (χ4v) is 1.43. The lowest BCUT2D eigenvalue weighted by Gasteiger charge is -2.22. The van der Waals surface area contributed by atoms with Crippen molar-refractivity contribution in [2.75, 3.05) is 20.3 Å². The van der Waals surface area contributed by atoms with Crippen LogP contribution in [0.4, 0.5) is 4.79 Å². The highest BCUT2D eigenvalue weighted by Gasteiger charge is 2.29. The molecule has 4 nitrogen and oxygen atoms in total. The minimum Gasteiger partial charge on any atom is -0.453 e. The molecule has 1 amide bonds. The Hall–Kier alpha value is -0.770. The molecule has 1 unspecified atom stereocenters. The van der Waals surface area contributed by atoms with Gasteiger partial charge in [0, 0.05) is 13.2 Å². The molecule has 0 aliphatic carbocycles. The maximum absolute atomic E-state index is 11.1. The summed E-state index contributed by atoms with van der Waals surface area (Å²) in [5.41, 5.74) is 0. The van der Waals surface area contributed by atoms with Gasteiger partial charge in [-0.1, -0.05) is 0 Å². The Morgan fingerprint density at radius 2 is 2.42 bits per heavy atom. The second-order valence-corrected chi connectivity index (χ2v) is 2.72. The molecule has 0 spiro atoms. The average molecular weight is 173 g/mol. The average Bonchev–Trinajstić information content (AvgIpc) is 2.52. The van der Waals surface area contributed by atoms with Crippen LogP contribution >= 0.6 is 0 Å². The second kappa shape index (κ2) is 4.30. The van der Waals surface area contributed by atoms with Gasteiger partial charge in [0.05, 0.1) is 7.11 Å². The summed E-state index contributed by atoms with van der Waals surface area (Å²) >= 11 is 0. The van der Waals surface area contributed by atoms with E-state index in [1.165, 1.54) is 7.11 Å². The van der Waals surface area contributed by atoms with Crippen molar-refractivity contribution in [1.82, 2.24) is 4.90 Å². The Balaban J connectivity index is 2.45. The van der Waals surface area contributed by atoms with E-state index in [0.29, 0.717) is 6.61 Å². The van der Waals surface area contributed by atoms with Crippen LogP contribution in [-0.4, -0.2) is 37.5 Å². The zero-order valence-electron chi connectivity index (χ0n) is 7.58. The standard InChI is InChI=1S/C8H15NO3/c1-3-12-7-5-4-6-9(7)8(10)11-2/h7H,3-6H2,1-2H3. The summed E-state index contributed by atoms with van der Waals surface area (Å²) in [6.45, 7) is 3.31. The first-order valence-electron chi connectivity index (χ1n) is 4.25. The fourth-order valence-electron chi connectivity index (χ4n) is 1.43. The van der Waals surface area contributed by atoms with Crippen LogP contribution in [0.15, 0.2) is 0 Å². The van der Waals surface area contributed by atoms with Crippen molar-refractivity contribution in [2.45, 2.75) is 26.0 Å². The lowest BCUT2D eigenvalue weighted by Crippen LogP contribution is -2.37. The highest BCUT2D eigenvalue weighted by molar-refractivity contribution is 5.67. The molecular formula is C8H15NO3. The molecule has 1 rings (SSSR count). The SMILES string of the molecule is CCOC1CCCN1C(=O)OC. The summed E-state index contributed by atoms with van der Waals surface area (Å²) < 4.78 is 9.98. The van der Waals surface area contributed by atoms with Crippen LogP contribution in [0.25, 0.3) is 0 Å². The van der Waals surface area contributed by atoms with Crippen LogP contribution in [0, 0.1) is 0 Å². The van der Waals surface area contributed by atoms with E-state index >= 15 is 0 Å². The number of rotatable bonds is 2. The molecule has 12 heavy (non-hydrogen) atoms. The highest BCUT2D eigenvalue weighted by atomic mass is 16.6. The van der Waals surface area contributed by atoms with Crippen LogP contribution in [0.1, 0.15) is 19.8 Å². The minimum absolute atomic E-state index is 0.0672. The molecule has 0 aromatic heterocycles. The van der Waals surface area contributed by atoms with Crippen molar-refractivity contribution < 1.29 is 14.3 Å². The Labute approximate surface area is 72.4 Å². The number of hydrogen-bond acceptors (Lipinski definition) is 3. The summed E-state index contributed by atoms with van der Waals surface area (Å²) in [5, 5.41) is 0. The van der Waals surface area contributed by atoms with E-state index in [9.17, 15) is 4.79 Å². The van der Waals surface area contributed by atoms with Crippen LogP contribution < -0.4 is 0 Å². The van der Waals surface area contributed by atoms with Crippen LogP contribution in [-0.2, 0) is 9.47 Å². The number of carbonyl (C=O) groups excluding carboxylic acids is 1. The minimum atomic E-state index is -0.286. The van der Waals surface area contributed by atoms with E-state index in [-0.39, 0.29) is 12.3 Å². The van der Waals surface area contributed by atoms with Crippen molar-refractivity contribution in [3.8, 4) is 0 Å². The first-order valence-corrected chi connectivity index (χ1v) is 4.25. The van der Waals surface area contributed by atoms with Gasteiger partial charge < -0.3 is 9.47 Å². The lowest BCUT2D eigenvalue weighted by molar-refractivity contribution is -0.0234. The van der Waals surface area contributed by atoms with Crippen molar-refractivity contribution >= 4 is 6.09 Å². The van der Waals surface area contributed by atoms with E-state index < -0.39 is 0 Å². The first kappa shape index (κ1) is 9.32. The van der Waals surface area contributed by atoms with Crippen LogP contribution in [0.2, 0.25) is 0 Å². The smallest absolute Gasteiger partial charge is 0.411 e. The van der Waals surface area contributed by atoms with E-state index in [4.69, 9.17) is 4.74 Å². The molecule has 1 fully saturated rings. The maximum Gasteiger partial charge on any atom is 0.411 e. The Kier molecular flexibility index (Phi) is 3.34. The van der Waals surface area contributed by atoms with Crippen molar-refractivity contribution in [2.24, 2.45) is 0 Å². The van der Waals surface area contributed by atoms with Gasteiger partial charge in [-0.05, 0) is 19.8 Å². The highest BCUT2D eigenvalue weighted by Crippen LogP contribution is 2.18. The molecule has 4 heteroatoms. The van der Waals surface area contributed by atoms with Crippen LogP contribution in [0.3, 0.4) is 0 Å². The monoisotopic (exact) mass is 173 g/mol. The third-order valence-corrected chi connectivity index (χ3v) is 1.97. The maximum atomic E-state index is 11.1. The Morgan fingerprint density at radius 1 is 1.67 bits per heavy atom. The van der Waals surface area contributed by atoms with Crippen LogP contribution in [0.5, 0.6) is 0 Å². The third kappa shape index (κ3) is 1.88. The van der Waals surface area contributed by atoms with Crippen molar-refractivity contribution in [3.05, 3.63) is 0 Å². The summed E-state index contributed by atoms with van der Waals surface area (Å²) in [4.78, 5) is 12.8. The molecule has 1 aliphatic rings. The summed E-state index contributed by atoms with van der Waals surface area (Å²) in [7, 11) is 1.39. The molecule has 1 saturated heterocycles. The molecule has 70 valence electrons. The number of hydrogen-bond donors (Lipinski definition) is 0. The Bertz CT molecular complexity index is 160. The molecule has 1 atom stereocenters. The van der Waals surface area contributed by atoms with E-state index in [0.717, 1.165) is 19.4 Å². The van der Waals surface area contributed by atoms with E-state index in [2.05, 4.69) is 4.74 Å². The molecule has 1 aliphatic heterocycles. The van der Waals surface area contributed by atoms with Gasteiger partial charge in [0.15, 0.2) is 0 Å². The van der Waals surface area contributed by atoms with Gasteiger partial charge >= 0.3 is 6.09 Å². The van der Waals surface area contributed by atoms with Gasteiger partial charge in [-0.3, -0.25) is 4.90 Å². The van der Waals surface area contributed by atoms with E-state index in [1.54, 1.807) is 4.90 Å². The molecule has 0 aromatic rings. The number of ether oxygens (including phenoxy) is 2. The largest absolute Gasteiger partial charge is 0.453 e. The number of methoxy groups -OCH3 is 1. The predicted molar refractivity (Wildman–Crippen MR) is 43.8 cm³/mol. The summed E-state index contributed by atoms with van der Waals surface area (Å²) in [5.74, 6) is 0. The van der Waals surface area contributed by atoms with Gasteiger partial charge in [-0.15, -0.1) is 0 Å². The molecular weight excluding hydrogens is 158 g/mol. The number of nitrogens with zero attached hydrogens (tertiary/aromatic N) is 1. The molecule has 0 N–H and O–H groups in total. The Morgan fingerprint density at radius 3 is 3.00 bits per heavy atom. The predicted octanol–water partition coefficient (Wildman–Crippen LogP) is 1.21. The van der Waals surface area contributed by atoms with Crippen molar-refractivity contribution in [1.29, 1.82) is 0 Å². The number of amides is 1. The fraction of sp³-hybridized carbons (Fsp3) is 0.875. The zero-order valence-corrected chi connectivity index (χ0v) is 7.58. The molecule has 0 radical (unpaired) electrons. The quantitative estimate of drug-likeness (QED) is 0.630. The molecule has 0 aromatic carbocycles. The van der Waals surface area contributed by atoms with Gasteiger partial charge in [0.25, 0.3) is 0 Å². The normalized spacial score (nSPS) is 22.8. The van der Waals surface area contributed by atoms with E-state index in [1.807, 2.05) is 6.92 Å². The third-order valence-electron chi connectivity index (χ3n) is 1.97. The summed E-state index contributed by atoms with van der Waals surface area (Å²) in [6, 6.07) is 0. The topological polar surface area (TPSA) is 38.8 Å². The molecule has 1 heterocycles. The van der Waals surface area contributed by atoms with Gasteiger partial charge in [0.2, 0.25) is 0 Å². The molecule has 0 saturated carbocycles.